The van der Waals surface area contributed by atoms with Crippen molar-refractivity contribution in [3.8, 4) is 5.75 Å². The first-order chi connectivity index (χ1) is 18.5. The molecule has 0 spiro atoms. The third-order valence-electron chi connectivity index (χ3n) is 6.61. The minimum atomic E-state index is -0.835. The van der Waals surface area contributed by atoms with E-state index in [2.05, 4.69) is 0 Å². The third-order valence-corrected chi connectivity index (χ3v) is 6.61. The highest BCUT2D eigenvalue weighted by Crippen LogP contribution is 2.41. The molecule has 1 unspecified atom stereocenters. The summed E-state index contributed by atoms with van der Waals surface area (Å²) in [5, 5.41) is 13.2. The first-order valence-electron chi connectivity index (χ1n) is 12.2. The average molecular weight is 512 g/mol. The Morgan fingerprint density at radius 1 is 0.947 bits per heavy atom. The number of benzene rings is 4. The molecule has 7 heteroatoms. The van der Waals surface area contributed by atoms with Crippen molar-refractivity contribution in [2.24, 2.45) is 0 Å². The van der Waals surface area contributed by atoms with Gasteiger partial charge in [0.2, 0.25) is 0 Å². The number of ketones is 1. The fraction of sp³-hybridized carbons (Fsp3) is 0.161. The number of ether oxygens (including phenoxy) is 2. The highest BCUT2D eigenvalue weighted by molar-refractivity contribution is 6.46. The van der Waals surface area contributed by atoms with E-state index in [1.807, 2.05) is 30.3 Å². The molecule has 1 aliphatic heterocycles. The second-order valence-corrected chi connectivity index (χ2v) is 9.00. The standard InChI is InChI=1S/C31H26FNO5/c1-37-17-16-33-28(22-8-4-9-24(18-22)38-19-20-12-14-23(32)15-13-20)27(30(35)31(33)36)29(34)26-11-5-7-21-6-2-3-10-25(21)26/h2-15,18,28,34H,16-17,19H2,1H3/b29-27-. The maximum absolute atomic E-state index is 13.3. The van der Waals surface area contributed by atoms with Crippen LogP contribution in [-0.2, 0) is 20.9 Å². The number of nitrogens with zero attached hydrogens (tertiary/aromatic N) is 1. The minimum absolute atomic E-state index is 0.0122. The van der Waals surface area contributed by atoms with Crippen LogP contribution in [0.15, 0.2) is 96.6 Å². The number of hydrogen-bond donors (Lipinski definition) is 1. The Morgan fingerprint density at radius 2 is 1.68 bits per heavy atom. The van der Waals surface area contributed by atoms with E-state index in [4.69, 9.17) is 9.47 Å². The topological polar surface area (TPSA) is 76.1 Å². The molecule has 192 valence electrons. The van der Waals surface area contributed by atoms with E-state index in [1.165, 1.54) is 24.1 Å². The SMILES string of the molecule is COCCN1C(=O)C(=O)/C(=C(\O)c2cccc3ccccc23)C1c1cccc(OCc2ccc(F)cc2)c1. The van der Waals surface area contributed by atoms with Crippen LogP contribution < -0.4 is 4.74 Å². The van der Waals surface area contributed by atoms with E-state index in [0.29, 0.717) is 16.9 Å². The number of fused-ring (bicyclic) bond motifs is 1. The van der Waals surface area contributed by atoms with Gasteiger partial charge in [-0.2, -0.15) is 0 Å². The van der Waals surface area contributed by atoms with Gasteiger partial charge in [-0.25, -0.2) is 4.39 Å². The van der Waals surface area contributed by atoms with E-state index in [0.717, 1.165) is 16.3 Å². The van der Waals surface area contributed by atoms with Crippen LogP contribution in [0.2, 0.25) is 0 Å². The van der Waals surface area contributed by atoms with Gasteiger partial charge in [-0.1, -0.05) is 66.7 Å². The summed E-state index contributed by atoms with van der Waals surface area (Å²) in [4.78, 5) is 27.9. The molecule has 1 N–H and O–H groups in total. The molecular weight excluding hydrogens is 485 g/mol. The Morgan fingerprint density at radius 3 is 2.47 bits per heavy atom. The highest BCUT2D eigenvalue weighted by atomic mass is 19.1. The molecule has 1 aliphatic rings. The number of aliphatic hydroxyl groups excluding tert-OH is 1. The van der Waals surface area contributed by atoms with E-state index in [9.17, 15) is 19.1 Å². The van der Waals surface area contributed by atoms with Crippen LogP contribution in [0.3, 0.4) is 0 Å². The number of Topliss-reactive ketones (excluding diaryl/α,β-unsaturated/α-hetero) is 1. The molecule has 0 bridgehead atoms. The fourth-order valence-corrected chi connectivity index (χ4v) is 4.75. The number of carbonyl (C=O) groups is 2. The van der Waals surface area contributed by atoms with Crippen LogP contribution in [0.5, 0.6) is 5.75 Å². The summed E-state index contributed by atoms with van der Waals surface area (Å²) < 4.78 is 24.4. The normalized spacial score (nSPS) is 16.8. The van der Waals surface area contributed by atoms with Crippen molar-refractivity contribution < 1.29 is 28.6 Å². The van der Waals surface area contributed by atoms with Crippen molar-refractivity contribution in [3.63, 3.8) is 0 Å². The van der Waals surface area contributed by atoms with Crippen LogP contribution in [-0.4, -0.2) is 42.0 Å². The fourth-order valence-electron chi connectivity index (χ4n) is 4.75. The number of aliphatic hydroxyl groups is 1. The summed E-state index contributed by atoms with van der Waals surface area (Å²) >= 11 is 0. The lowest BCUT2D eigenvalue weighted by atomic mass is 9.93. The summed E-state index contributed by atoms with van der Waals surface area (Å²) in [5.74, 6) is -1.51. The number of rotatable bonds is 8. The van der Waals surface area contributed by atoms with Crippen LogP contribution in [0.4, 0.5) is 4.39 Å². The molecule has 6 nitrogen and oxygen atoms in total. The van der Waals surface area contributed by atoms with Crippen LogP contribution in [0.1, 0.15) is 22.7 Å². The van der Waals surface area contributed by atoms with Crippen molar-refractivity contribution in [2.75, 3.05) is 20.3 Å². The lowest BCUT2D eigenvalue weighted by Gasteiger charge is -2.25. The zero-order chi connectivity index (χ0) is 26.6. The third kappa shape index (κ3) is 4.88. The average Bonchev–Trinajstić information content (AvgIpc) is 3.20. The monoisotopic (exact) mass is 511 g/mol. The Kier molecular flexibility index (Phi) is 7.20. The number of likely N-dealkylation sites (tertiary alicyclic amines) is 1. The van der Waals surface area contributed by atoms with Crippen molar-refractivity contribution >= 4 is 28.2 Å². The number of carbonyl (C=O) groups excluding carboxylic acids is 2. The minimum Gasteiger partial charge on any atom is -0.507 e. The maximum atomic E-state index is 13.3. The van der Waals surface area contributed by atoms with E-state index in [-0.39, 0.29) is 36.9 Å². The number of hydrogen-bond acceptors (Lipinski definition) is 5. The van der Waals surface area contributed by atoms with Gasteiger partial charge in [-0.3, -0.25) is 9.59 Å². The highest BCUT2D eigenvalue weighted by Gasteiger charge is 2.46. The largest absolute Gasteiger partial charge is 0.507 e. The van der Waals surface area contributed by atoms with Gasteiger partial charge in [0.15, 0.2) is 0 Å². The lowest BCUT2D eigenvalue weighted by molar-refractivity contribution is -0.140. The van der Waals surface area contributed by atoms with Gasteiger partial charge in [0, 0.05) is 19.2 Å². The van der Waals surface area contributed by atoms with Crippen molar-refractivity contribution in [3.05, 3.63) is 119 Å². The second-order valence-electron chi connectivity index (χ2n) is 9.00. The Bertz CT molecular complexity index is 1520. The van der Waals surface area contributed by atoms with Gasteiger partial charge >= 0.3 is 0 Å². The molecule has 1 saturated heterocycles. The summed E-state index contributed by atoms with van der Waals surface area (Å²) in [6, 6.07) is 25.2. The molecule has 4 aromatic carbocycles. The predicted molar refractivity (Wildman–Crippen MR) is 142 cm³/mol. The molecule has 1 atom stereocenters. The van der Waals surface area contributed by atoms with Crippen molar-refractivity contribution in [2.45, 2.75) is 12.6 Å². The van der Waals surface area contributed by atoms with Crippen LogP contribution in [0, 0.1) is 5.82 Å². The molecule has 4 aromatic rings. The first kappa shape index (κ1) is 25.2. The van der Waals surface area contributed by atoms with Crippen molar-refractivity contribution in [1.82, 2.24) is 4.90 Å². The summed E-state index contributed by atoms with van der Waals surface area (Å²) in [7, 11) is 1.52. The Labute approximate surface area is 219 Å². The number of halogens is 1. The molecule has 1 amide bonds. The van der Waals surface area contributed by atoms with E-state index < -0.39 is 17.7 Å². The van der Waals surface area contributed by atoms with E-state index in [1.54, 1.807) is 48.5 Å². The zero-order valence-electron chi connectivity index (χ0n) is 20.8. The van der Waals surface area contributed by atoms with Gasteiger partial charge in [0.25, 0.3) is 11.7 Å². The van der Waals surface area contributed by atoms with Gasteiger partial charge in [-0.15, -0.1) is 0 Å². The van der Waals surface area contributed by atoms with Crippen molar-refractivity contribution in [1.29, 1.82) is 0 Å². The second kappa shape index (κ2) is 10.9. The summed E-state index contributed by atoms with van der Waals surface area (Å²) in [6.07, 6.45) is 0. The molecule has 0 aromatic heterocycles. The molecular formula is C31H26FNO5. The molecule has 1 fully saturated rings. The predicted octanol–water partition coefficient (Wildman–Crippen LogP) is 5.63. The van der Waals surface area contributed by atoms with Gasteiger partial charge in [0.1, 0.15) is 23.9 Å². The summed E-state index contributed by atoms with van der Waals surface area (Å²) in [5.41, 5.74) is 1.89. The zero-order valence-corrected chi connectivity index (χ0v) is 20.8. The number of methoxy groups -OCH3 is 1. The van der Waals surface area contributed by atoms with Gasteiger partial charge in [-0.05, 0) is 46.2 Å². The van der Waals surface area contributed by atoms with Gasteiger partial charge in [0.05, 0.1) is 18.2 Å². The molecule has 1 heterocycles. The lowest BCUT2D eigenvalue weighted by Crippen LogP contribution is -2.32. The molecule has 38 heavy (non-hydrogen) atoms. The smallest absolute Gasteiger partial charge is 0.295 e. The molecule has 0 saturated carbocycles. The summed E-state index contributed by atoms with van der Waals surface area (Å²) in [6.45, 7) is 0.598. The quantitative estimate of drug-likeness (QED) is 0.189. The van der Waals surface area contributed by atoms with Crippen LogP contribution >= 0.6 is 0 Å². The number of amides is 1. The molecule has 0 aliphatic carbocycles. The van der Waals surface area contributed by atoms with Crippen LogP contribution in [0.25, 0.3) is 16.5 Å². The Hall–Kier alpha value is -4.49. The molecule has 5 rings (SSSR count). The van der Waals surface area contributed by atoms with Gasteiger partial charge < -0.3 is 19.5 Å². The molecule has 0 radical (unpaired) electrons. The Balaban J connectivity index is 1.57. The van der Waals surface area contributed by atoms with E-state index >= 15 is 0 Å². The maximum Gasteiger partial charge on any atom is 0.295 e. The first-order valence-corrected chi connectivity index (χ1v) is 12.2.